The third-order valence-electron chi connectivity index (χ3n) is 3.05. The van der Waals surface area contributed by atoms with E-state index in [1.54, 1.807) is 0 Å². The quantitative estimate of drug-likeness (QED) is 0.777. The van der Waals surface area contributed by atoms with E-state index in [1.165, 1.54) is 11.1 Å². The second-order valence-corrected chi connectivity index (χ2v) is 4.27. The van der Waals surface area contributed by atoms with Gasteiger partial charge in [-0.05, 0) is 43.5 Å². The molecule has 1 aliphatic rings. The summed E-state index contributed by atoms with van der Waals surface area (Å²) < 4.78 is 5.47. The normalized spacial score (nSPS) is 14.5. The molecule has 0 N–H and O–H groups in total. The minimum absolute atomic E-state index is 0.0875. The van der Waals surface area contributed by atoms with E-state index in [2.05, 4.69) is 6.92 Å². The van der Waals surface area contributed by atoms with E-state index in [-0.39, 0.29) is 12.5 Å². The van der Waals surface area contributed by atoms with E-state index in [0.29, 0.717) is 0 Å². The lowest BCUT2D eigenvalue weighted by molar-refractivity contribution is -0.136. The Kier molecular flexibility index (Phi) is 3.13. The summed E-state index contributed by atoms with van der Waals surface area (Å²) in [7, 11) is 0. The average Bonchev–Trinajstić information content (AvgIpc) is 2.17. The average molecular weight is 219 g/mol. The van der Waals surface area contributed by atoms with Gasteiger partial charge in [-0.2, -0.15) is 0 Å². The Morgan fingerprint density at radius 2 is 2.06 bits per heavy atom. The molecule has 1 amide bonds. The van der Waals surface area contributed by atoms with Gasteiger partial charge in [-0.1, -0.05) is 6.07 Å². The first-order valence-electron chi connectivity index (χ1n) is 5.64. The van der Waals surface area contributed by atoms with Crippen LogP contribution in [0.3, 0.4) is 0 Å². The van der Waals surface area contributed by atoms with Gasteiger partial charge in [0, 0.05) is 13.1 Å². The first kappa shape index (κ1) is 11.0. The maximum Gasteiger partial charge on any atom is 0.260 e. The third-order valence-corrected chi connectivity index (χ3v) is 3.05. The fourth-order valence-electron chi connectivity index (χ4n) is 1.61. The maximum atomic E-state index is 11.6. The fraction of sp³-hybridized carbons (Fsp3) is 0.462. The van der Waals surface area contributed by atoms with Crippen molar-refractivity contribution in [2.75, 3.05) is 19.7 Å². The van der Waals surface area contributed by atoms with E-state index in [9.17, 15) is 4.79 Å². The van der Waals surface area contributed by atoms with Crippen molar-refractivity contribution < 1.29 is 9.53 Å². The molecule has 0 aliphatic carbocycles. The number of hydrogen-bond donors (Lipinski definition) is 0. The van der Waals surface area contributed by atoms with Crippen molar-refractivity contribution in [3.63, 3.8) is 0 Å². The molecule has 1 saturated heterocycles. The van der Waals surface area contributed by atoms with Crippen LogP contribution in [-0.4, -0.2) is 30.5 Å². The fourth-order valence-corrected chi connectivity index (χ4v) is 1.61. The van der Waals surface area contributed by atoms with Crippen LogP contribution in [0.25, 0.3) is 0 Å². The summed E-state index contributed by atoms with van der Waals surface area (Å²) in [4.78, 5) is 13.4. The Balaban J connectivity index is 1.89. The number of aryl methyl sites for hydroxylation is 2. The number of amides is 1. The van der Waals surface area contributed by atoms with Gasteiger partial charge in [0.1, 0.15) is 5.75 Å². The molecule has 1 heterocycles. The van der Waals surface area contributed by atoms with Gasteiger partial charge in [0.25, 0.3) is 5.91 Å². The number of nitrogens with zero attached hydrogens (tertiary/aromatic N) is 1. The van der Waals surface area contributed by atoms with E-state index in [0.717, 1.165) is 25.3 Å². The molecule has 0 aromatic heterocycles. The second kappa shape index (κ2) is 4.56. The van der Waals surface area contributed by atoms with Crippen LogP contribution in [-0.2, 0) is 4.79 Å². The van der Waals surface area contributed by atoms with Gasteiger partial charge in [-0.25, -0.2) is 0 Å². The molecule has 86 valence electrons. The highest BCUT2D eigenvalue weighted by Crippen LogP contribution is 2.16. The number of carbonyl (C=O) groups is 1. The van der Waals surface area contributed by atoms with Crippen molar-refractivity contribution in [2.24, 2.45) is 0 Å². The molecule has 3 heteroatoms. The number of benzene rings is 1. The maximum absolute atomic E-state index is 11.6. The van der Waals surface area contributed by atoms with Crippen LogP contribution in [0, 0.1) is 13.8 Å². The molecule has 0 saturated carbocycles. The van der Waals surface area contributed by atoms with Gasteiger partial charge in [-0.15, -0.1) is 0 Å². The highest BCUT2D eigenvalue weighted by molar-refractivity contribution is 5.78. The smallest absolute Gasteiger partial charge is 0.260 e. The molecule has 0 spiro atoms. The van der Waals surface area contributed by atoms with Gasteiger partial charge >= 0.3 is 0 Å². The lowest BCUT2D eigenvalue weighted by Crippen LogP contribution is -2.44. The van der Waals surface area contributed by atoms with Crippen LogP contribution in [0.1, 0.15) is 17.5 Å². The molecular weight excluding hydrogens is 202 g/mol. The van der Waals surface area contributed by atoms with Crippen LogP contribution in [0.4, 0.5) is 0 Å². The summed E-state index contributed by atoms with van der Waals surface area (Å²) >= 11 is 0. The largest absolute Gasteiger partial charge is 0.484 e. The first-order valence-corrected chi connectivity index (χ1v) is 5.64. The van der Waals surface area contributed by atoms with Gasteiger partial charge in [0.15, 0.2) is 6.61 Å². The van der Waals surface area contributed by atoms with Crippen LogP contribution in [0.2, 0.25) is 0 Å². The van der Waals surface area contributed by atoms with E-state index in [1.807, 2.05) is 30.0 Å². The Morgan fingerprint density at radius 1 is 1.31 bits per heavy atom. The van der Waals surface area contributed by atoms with Crippen LogP contribution in [0.5, 0.6) is 5.75 Å². The molecule has 16 heavy (non-hydrogen) atoms. The van der Waals surface area contributed by atoms with Gasteiger partial charge in [-0.3, -0.25) is 4.79 Å². The predicted molar refractivity (Wildman–Crippen MR) is 62.6 cm³/mol. The Morgan fingerprint density at radius 3 is 2.62 bits per heavy atom. The van der Waals surface area contributed by atoms with Gasteiger partial charge < -0.3 is 9.64 Å². The summed E-state index contributed by atoms with van der Waals surface area (Å²) in [5.74, 6) is 0.862. The Hall–Kier alpha value is -1.51. The lowest BCUT2D eigenvalue weighted by Gasteiger charge is -2.30. The van der Waals surface area contributed by atoms with Crippen molar-refractivity contribution in [3.8, 4) is 5.75 Å². The highest BCUT2D eigenvalue weighted by Gasteiger charge is 2.20. The highest BCUT2D eigenvalue weighted by atomic mass is 16.5. The second-order valence-electron chi connectivity index (χ2n) is 4.27. The number of ether oxygens (including phenoxy) is 1. The van der Waals surface area contributed by atoms with Crippen LogP contribution >= 0.6 is 0 Å². The molecule has 0 radical (unpaired) electrons. The zero-order chi connectivity index (χ0) is 11.5. The van der Waals surface area contributed by atoms with Crippen molar-refractivity contribution in [2.45, 2.75) is 20.3 Å². The molecule has 2 rings (SSSR count). The zero-order valence-electron chi connectivity index (χ0n) is 9.82. The standard InChI is InChI=1S/C13H17NO2/c1-10-4-5-12(8-11(10)2)16-9-13(15)14-6-3-7-14/h4-5,8H,3,6-7,9H2,1-2H3. The summed E-state index contributed by atoms with van der Waals surface area (Å²) in [5, 5.41) is 0. The van der Waals surface area contributed by atoms with E-state index < -0.39 is 0 Å². The van der Waals surface area contributed by atoms with Crippen LogP contribution in [0.15, 0.2) is 18.2 Å². The Labute approximate surface area is 96.0 Å². The molecule has 1 fully saturated rings. The van der Waals surface area contributed by atoms with Gasteiger partial charge in [0.05, 0.1) is 0 Å². The SMILES string of the molecule is Cc1ccc(OCC(=O)N2CCC2)cc1C. The Bertz CT molecular complexity index is 397. The number of hydrogen-bond acceptors (Lipinski definition) is 2. The molecule has 1 aromatic carbocycles. The van der Waals surface area contributed by atoms with Crippen molar-refractivity contribution in [1.29, 1.82) is 0 Å². The first-order chi connectivity index (χ1) is 7.66. The lowest BCUT2D eigenvalue weighted by atomic mass is 10.1. The van der Waals surface area contributed by atoms with Gasteiger partial charge in [0.2, 0.25) is 0 Å². The molecule has 1 aliphatic heterocycles. The van der Waals surface area contributed by atoms with Crippen LogP contribution < -0.4 is 4.74 Å². The summed E-state index contributed by atoms with van der Waals surface area (Å²) in [6.45, 7) is 6.02. The zero-order valence-corrected chi connectivity index (χ0v) is 9.82. The van der Waals surface area contributed by atoms with E-state index in [4.69, 9.17) is 4.74 Å². The molecule has 1 aromatic rings. The summed E-state index contributed by atoms with van der Waals surface area (Å²) in [5.41, 5.74) is 2.43. The molecular formula is C13H17NO2. The van der Waals surface area contributed by atoms with E-state index >= 15 is 0 Å². The number of likely N-dealkylation sites (tertiary alicyclic amines) is 1. The molecule has 0 unspecified atom stereocenters. The molecule has 0 bridgehead atoms. The predicted octanol–water partition coefficient (Wildman–Crippen LogP) is 1.91. The monoisotopic (exact) mass is 219 g/mol. The van der Waals surface area contributed by atoms with Crippen molar-refractivity contribution in [3.05, 3.63) is 29.3 Å². The minimum atomic E-state index is 0.0875. The number of carbonyl (C=O) groups excluding carboxylic acids is 1. The van der Waals surface area contributed by atoms with Crippen molar-refractivity contribution in [1.82, 2.24) is 4.90 Å². The third kappa shape index (κ3) is 2.35. The number of rotatable bonds is 3. The van der Waals surface area contributed by atoms with Crippen molar-refractivity contribution >= 4 is 5.91 Å². The summed E-state index contributed by atoms with van der Waals surface area (Å²) in [6, 6.07) is 5.89. The molecule has 3 nitrogen and oxygen atoms in total. The minimum Gasteiger partial charge on any atom is -0.484 e. The topological polar surface area (TPSA) is 29.5 Å². The molecule has 0 atom stereocenters. The summed E-state index contributed by atoms with van der Waals surface area (Å²) in [6.07, 6.45) is 1.12.